The first-order valence-corrected chi connectivity index (χ1v) is 12.1. The molecule has 2 saturated heterocycles. The van der Waals surface area contributed by atoms with Crippen molar-refractivity contribution in [3.63, 3.8) is 0 Å². The van der Waals surface area contributed by atoms with E-state index in [1.54, 1.807) is 12.3 Å². The molecule has 1 aromatic rings. The third-order valence-electron chi connectivity index (χ3n) is 8.01. The summed E-state index contributed by atoms with van der Waals surface area (Å²) in [7, 11) is 2.09. The Morgan fingerprint density at radius 2 is 1.94 bits per heavy atom. The number of hydrogen-bond donors (Lipinski definition) is 0. The van der Waals surface area contributed by atoms with Crippen molar-refractivity contribution in [1.82, 2.24) is 14.9 Å². The van der Waals surface area contributed by atoms with Gasteiger partial charge in [-0.1, -0.05) is 12.8 Å². The lowest BCUT2D eigenvalue weighted by atomic mass is 9.57. The molecule has 8 heteroatoms. The second-order valence-electron chi connectivity index (χ2n) is 9.72. The largest absolute Gasteiger partial charge is 0.462 e. The highest BCUT2D eigenvalue weighted by molar-refractivity contribution is 6.12. The molecule has 0 radical (unpaired) electrons. The topological polar surface area (TPSA) is 90.9 Å². The van der Waals surface area contributed by atoms with Gasteiger partial charge in [-0.15, -0.1) is 0 Å². The molecule has 3 heterocycles. The lowest BCUT2D eigenvalue weighted by Crippen LogP contribution is -2.60. The summed E-state index contributed by atoms with van der Waals surface area (Å²) in [6.45, 7) is 2.58. The summed E-state index contributed by atoms with van der Waals surface area (Å²) in [4.78, 5) is 38.1. The molecule has 2 aliphatic carbocycles. The van der Waals surface area contributed by atoms with Crippen molar-refractivity contribution in [1.29, 1.82) is 0 Å². The SMILES string of the molecule is CN1CCC[C@H]1COc1nccc(C(=O)[C@@H]2CCC[C@@]3(CCCCC34OCCO4)C2=O)n1. The van der Waals surface area contributed by atoms with Crippen LogP contribution in [0.3, 0.4) is 0 Å². The van der Waals surface area contributed by atoms with Gasteiger partial charge in [0.15, 0.2) is 17.4 Å². The quantitative estimate of drug-likeness (QED) is 0.507. The minimum Gasteiger partial charge on any atom is -0.462 e. The summed E-state index contributed by atoms with van der Waals surface area (Å²) in [6.07, 6.45) is 9.25. The number of rotatable bonds is 5. The number of fused-ring (bicyclic) bond motifs is 1. The normalized spacial score (nSPS) is 32.6. The standard InChI is InChI=1S/C24H33N3O5/c1-27-13-5-6-17(27)16-30-22-25-12-8-19(26-22)20(28)18-7-4-10-23(21(18)29)9-2-3-11-24(23)31-14-15-32-24/h8,12,17-18H,2-7,9-11,13-16H2,1H3/t17-,18-,23-/m0/s1. The molecular formula is C24H33N3O5. The first-order valence-electron chi connectivity index (χ1n) is 12.1. The van der Waals surface area contributed by atoms with Crippen LogP contribution >= 0.6 is 0 Å². The molecule has 174 valence electrons. The van der Waals surface area contributed by atoms with Crippen molar-refractivity contribution in [2.75, 3.05) is 33.4 Å². The van der Waals surface area contributed by atoms with Gasteiger partial charge in [-0.05, 0) is 58.2 Å². The fourth-order valence-corrected chi connectivity index (χ4v) is 6.25. The molecule has 2 saturated carbocycles. The maximum Gasteiger partial charge on any atom is 0.317 e. The molecule has 3 atom stereocenters. The zero-order chi connectivity index (χ0) is 22.2. The van der Waals surface area contributed by atoms with Crippen LogP contribution in [0.15, 0.2) is 12.3 Å². The maximum absolute atomic E-state index is 13.8. The number of likely N-dealkylation sites (tertiary alicyclic amines) is 1. The Hall–Kier alpha value is -1.90. The lowest BCUT2D eigenvalue weighted by molar-refractivity contribution is -0.255. The van der Waals surface area contributed by atoms with E-state index in [-0.39, 0.29) is 23.3 Å². The van der Waals surface area contributed by atoms with Gasteiger partial charge in [0, 0.05) is 18.7 Å². The van der Waals surface area contributed by atoms with Crippen LogP contribution in [0.5, 0.6) is 6.01 Å². The van der Waals surface area contributed by atoms with Crippen molar-refractivity contribution < 1.29 is 23.8 Å². The van der Waals surface area contributed by atoms with Gasteiger partial charge in [0.2, 0.25) is 0 Å². The van der Waals surface area contributed by atoms with Crippen LogP contribution in [0.25, 0.3) is 0 Å². The van der Waals surface area contributed by atoms with Gasteiger partial charge < -0.3 is 19.1 Å². The molecule has 0 bridgehead atoms. The molecule has 4 fully saturated rings. The first-order chi connectivity index (χ1) is 15.5. The Kier molecular flexibility index (Phi) is 6.03. The Morgan fingerprint density at radius 3 is 2.72 bits per heavy atom. The zero-order valence-corrected chi connectivity index (χ0v) is 18.9. The van der Waals surface area contributed by atoms with Crippen LogP contribution in [0, 0.1) is 11.3 Å². The maximum atomic E-state index is 13.8. The fourth-order valence-electron chi connectivity index (χ4n) is 6.25. The summed E-state index contributed by atoms with van der Waals surface area (Å²) < 4.78 is 18.0. The molecule has 0 amide bonds. The number of Topliss-reactive ketones (excluding diaryl/α,β-unsaturated/α-hetero) is 2. The lowest BCUT2D eigenvalue weighted by Gasteiger charge is -2.51. The predicted octanol–water partition coefficient (Wildman–Crippen LogP) is 2.81. The summed E-state index contributed by atoms with van der Waals surface area (Å²) in [5.74, 6) is -1.83. The number of aromatic nitrogens is 2. The number of ketones is 2. The van der Waals surface area contributed by atoms with E-state index < -0.39 is 17.1 Å². The molecule has 2 aliphatic heterocycles. The second kappa shape index (κ2) is 8.80. The number of ether oxygens (including phenoxy) is 3. The fraction of sp³-hybridized carbons (Fsp3) is 0.750. The van der Waals surface area contributed by atoms with E-state index >= 15 is 0 Å². The number of nitrogens with zero attached hydrogens (tertiary/aromatic N) is 3. The van der Waals surface area contributed by atoms with Gasteiger partial charge in [0.1, 0.15) is 12.3 Å². The number of carbonyl (C=O) groups excluding carboxylic acids is 2. The van der Waals surface area contributed by atoms with E-state index in [1.807, 2.05) is 0 Å². The highest BCUT2D eigenvalue weighted by atomic mass is 16.7. The van der Waals surface area contributed by atoms with E-state index in [4.69, 9.17) is 14.2 Å². The third kappa shape index (κ3) is 3.66. The van der Waals surface area contributed by atoms with Crippen LogP contribution in [-0.4, -0.2) is 71.7 Å². The Morgan fingerprint density at radius 1 is 1.16 bits per heavy atom. The minimum absolute atomic E-state index is 0.0241. The predicted molar refractivity (Wildman–Crippen MR) is 115 cm³/mol. The Balaban J connectivity index is 1.33. The smallest absolute Gasteiger partial charge is 0.317 e. The minimum atomic E-state index is -0.853. The average molecular weight is 444 g/mol. The van der Waals surface area contributed by atoms with Crippen LogP contribution < -0.4 is 4.74 Å². The summed E-state index contributed by atoms with van der Waals surface area (Å²) in [5, 5.41) is 0. The summed E-state index contributed by atoms with van der Waals surface area (Å²) in [6, 6.07) is 2.13. The molecule has 5 rings (SSSR count). The van der Waals surface area contributed by atoms with E-state index in [1.165, 1.54) is 0 Å². The highest BCUT2D eigenvalue weighted by Crippen LogP contribution is 2.56. The number of carbonyl (C=O) groups is 2. The first kappa shape index (κ1) is 21.9. The van der Waals surface area contributed by atoms with E-state index in [0.29, 0.717) is 32.3 Å². The molecule has 0 N–H and O–H groups in total. The monoisotopic (exact) mass is 443 g/mol. The van der Waals surface area contributed by atoms with Crippen LogP contribution in [-0.2, 0) is 14.3 Å². The Bertz CT molecular complexity index is 867. The van der Waals surface area contributed by atoms with Crippen LogP contribution in [0.2, 0.25) is 0 Å². The third-order valence-corrected chi connectivity index (χ3v) is 8.01. The van der Waals surface area contributed by atoms with Crippen molar-refractivity contribution in [2.45, 2.75) is 69.6 Å². The molecule has 32 heavy (non-hydrogen) atoms. The van der Waals surface area contributed by atoms with Crippen molar-refractivity contribution in [3.8, 4) is 6.01 Å². The van der Waals surface area contributed by atoms with Crippen molar-refractivity contribution in [2.24, 2.45) is 11.3 Å². The molecule has 0 aromatic carbocycles. The molecule has 4 aliphatic rings. The molecule has 2 spiro atoms. The van der Waals surface area contributed by atoms with Crippen molar-refractivity contribution >= 4 is 11.6 Å². The van der Waals surface area contributed by atoms with E-state index in [2.05, 4.69) is 21.9 Å². The van der Waals surface area contributed by atoms with Crippen LogP contribution in [0.4, 0.5) is 0 Å². The highest BCUT2D eigenvalue weighted by Gasteiger charge is 2.63. The van der Waals surface area contributed by atoms with E-state index in [9.17, 15) is 9.59 Å². The van der Waals surface area contributed by atoms with Crippen molar-refractivity contribution in [3.05, 3.63) is 18.0 Å². The second-order valence-corrected chi connectivity index (χ2v) is 9.72. The zero-order valence-electron chi connectivity index (χ0n) is 18.9. The van der Waals surface area contributed by atoms with Crippen LogP contribution in [0.1, 0.15) is 68.3 Å². The number of likely N-dealkylation sites (N-methyl/N-ethyl adjacent to an activating group) is 1. The van der Waals surface area contributed by atoms with Gasteiger partial charge in [0.05, 0.1) is 24.5 Å². The van der Waals surface area contributed by atoms with E-state index in [0.717, 1.165) is 57.9 Å². The van der Waals surface area contributed by atoms with Gasteiger partial charge in [-0.25, -0.2) is 4.98 Å². The molecule has 1 aromatic heterocycles. The average Bonchev–Trinajstić information content (AvgIpc) is 3.45. The molecule has 8 nitrogen and oxygen atoms in total. The number of hydrogen-bond acceptors (Lipinski definition) is 8. The molecule has 0 unspecified atom stereocenters. The summed E-state index contributed by atoms with van der Waals surface area (Å²) >= 11 is 0. The molecular weight excluding hydrogens is 410 g/mol. The van der Waals surface area contributed by atoms with Gasteiger partial charge in [-0.3, -0.25) is 9.59 Å². The Labute approximate surface area is 189 Å². The summed E-state index contributed by atoms with van der Waals surface area (Å²) in [5.41, 5.74) is -0.469. The van der Waals surface area contributed by atoms with Gasteiger partial charge in [0.25, 0.3) is 0 Å². The van der Waals surface area contributed by atoms with Gasteiger partial charge in [-0.2, -0.15) is 4.98 Å². The van der Waals surface area contributed by atoms with Gasteiger partial charge >= 0.3 is 6.01 Å².